The van der Waals surface area contributed by atoms with Gasteiger partial charge in [0.1, 0.15) is 5.82 Å². The Balaban J connectivity index is 0.0000133. The smallest absolute Gasteiger partial charge is 0.268 e. The Morgan fingerprint density at radius 1 is 0.457 bits per heavy atom. The molecule has 15 rings (SSSR count). The van der Waals surface area contributed by atoms with Crippen LogP contribution >= 0.6 is 0 Å². The quantitative estimate of drug-likeness (QED) is 0.0471. The van der Waals surface area contributed by atoms with Crippen molar-refractivity contribution in [1.82, 2.24) is 14.1 Å². The molecular formula is C86H70N4OPtSi2-2. The molecule has 5 nitrogen and oxygen atoms in total. The van der Waals surface area contributed by atoms with Crippen molar-refractivity contribution in [3.63, 3.8) is 0 Å². The summed E-state index contributed by atoms with van der Waals surface area (Å²) in [7, 11) is -12.6. The third-order valence-corrected chi connectivity index (χ3v) is 24.5. The molecule has 0 amide bonds. The van der Waals surface area contributed by atoms with E-state index in [0.717, 1.165) is 21.9 Å². The van der Waals surface area contributed by atoms with Crippen molar-refractivity contribution in [1.29, 1.82) is 0 Å². The van der Waals surface area contributed by atoms with Crippen LogP contribution in [0.5, 0.6) is 11.5 Å². The van der Waals surface area contributed by atoms with Crippen molar-refractivity contribution in [3.05, 3.63) is 344 Å². The van der Waals surface area contributed by atoms with E-state index in [4.69, 9.17) is 17.9 Å². The SMILES string of the molecule is [2H]c1c([2H])c([2H])c([Si](c2cccc(C(C)(C)C)c2-[n+]2[c-]n(-c3[c-]c(Oc4[c-]c5c(cc4)c4ccccc4n5-c4cc(C(C)(C)C)ccn4)ccc3)c3cc(-c4c([2H])c([2H])c([2H])c([Si](c5c([2H])c([2H])c([2H])c([2H])c5[2H])(c5c([2H])c([2H])c([2H])c([2H])c5[2H])c5c([2H])c([2H])c([2H])c([2H])c5[2H])c4[2H])ccc32)(c2c([2H])c([2H])c([2H])c([2H])c2[2H])c2c([2H])c([2H])c([2H])c([2H])c2[2H])c([2H])c1[2H].[Pt]. The number of para-hydroxylation sites is 2. The number of pyridine rings is 1. The van der Waals surface area contributed by atoms with Crippen LogP contribution in [-0.4, -0.2) is 30.3 Å². The van der Waals surface area contributed by atoms with Crippen molar-refractivity contribution >= 4 is 90.5 Å². The number of ether oxygens (including phenoxy) is 1. The molecule has 12 aromatic carbocycles. The summed E-state index contributed by atoms with van der Waals surface area (Å²) in [5.74, 6) is 0.668. The van der Waals surface area contributed by atoms with Gasteiger partial charge in [0.2, 0.25) is 0 Å². The molecule has 0 saturated carbocycles. The Hall–Kier alpha value is -10.0. The number of hydrogen-bond acceptors (Lipinski definition) is 2. The van der Waals surface area contributed by atoms with E-state index < -0.39 is 269 Å². The second-order valence-corrected chi connectivity index (χ2v) is 30.8. The molecule has 3 aromatic heterocycles. The van der Waals surface area contributed by atoms with Gasteiger partial charge < -0.3 is 13.9 Å². The minimum atomic E-state index is -6.46. The molecule has 0 fully saturated rings. The standard InChI is InChI=1S/C86H70N4OSi2.Pt/c1-85(2,3)64-54-55-87-83(58-64)90-78-48-26-25-46-75(78)76-52-51-67(60-80(76)90)91-66-32-28-31-65(59-66)88-61-89(84-77(86(4,5)6)47-29-49-82(84)93(71-39-19-10-20-40-71,72-41-21-11-22-42-72)73-43-23-12-24-44-73)79-53-50-63(57-81(79)88)62-30-27-45-74(56-62)92(68-33-13-7-14-34-68,69-35-15-8-16-36-69)70-37-17-9-18-38-70;/h7-58H,1-6H3;/q-2;/i7D,8D,9D,10D,11D,12D,13D,14D,15D,16D,17D,18D,19D,20D,21D,22D,23D,24D,27D,30D,33D,34D,35D,36D,37D,38D,39D,40D,41D,42D,43D,44D,45D,56D;. The molecule has 8 heteroatoms. The van der Waals surface area contributed by atoms with Crippen molar-refractivity contribution in [2.75, 3.05) is 0 Å². The molecule has 0 aliphatic heterocycles. The Bertz CT molecular complexity index is 6860. The zero-order valence-corrected chi connectivity index (χ0v) is 55.2. The van der Waals surface area contributed by atoms with Crippen molar-refractivity contribution in [2.24, 2.45) is 0 Å². The number of fused-ring (bicyclic) bond motifs is 4. The van der Waals surface area contributed by atoms with E-state index in [-0.39, 0.29) is 76.7 Å². The monoisotopic (exact) mass is 1460 g/mol. The minimum Gasteiger partial charge on any atom is -0.510 e. The minimum absolute atomic E-state index is 0. The number of aromatic nitrogens is 4. The summed E-state index contributed by atoms with van der Waals surface area (Å²) in [5.41, 5.74) is -0.634. The van der Waals surface area contributed by atoms with Gasteiger partial charge in [-0.3, -0.25) is 4.57 Å². The third-order valence-electron chi connectivity index (χ3n) is 16.3. The predicted molar refractivity (Wildman–Crippen MR) is 390 cm³/mol. The number of nitrogens with zero attached hydrogens (tertiary/aromatic N) is 4. The normalized spacial score (nSPS) is 17.1. The molecular weight excluding hydrogens is 1360 g/mol. The Morgan fingerprint density at radius 2 is 1.00 bits per heavy atom. The largest absolute Gasteiger partial charge is 0.510 e. The number of benzene rings is 12. The van der Waals surface area contributed by atoms with Gasteiger partial charge in [0, 0.05) is 44.3 Å². The first-order chi connectivity index (χ1) is 59.5. The van der Waals surface area contributed by atoms with Crippen molar-refractivity contribution in [3.8, 4) is 39.8 Å². The summed E-state index contributed by atoms with van der Waals surface area (Å²) in [4.78, 5) is 4.82. The maximum atomic E-state index is 10.9. The van der Waals surface area contributed by atoms with Gasteiger partial charge in [-0.15, -0.1) is 29.7 Å². The second kappa shape index (κ2) is 25.1. The third kappa shape index (κ3) is 10.8. The maximum absolute atomic E-state index is 10.9. The van der Waals surface area contributed by atoms with Crippen LogP contribution in [0.3, 0.4) is 0 Å². The fourth-order valence-electron chi connectivity index (χ4n) is 12.1. The van der Waals surface area contributed by atoms with Gasteiger partial charge in [0.15, 0.2) is 16.1 Å². The van der Waals surface area contributed by atoms with Crippen LogP contribution in [0.25, 0.3) is 61.2 Å². The maximum Gasteiger partial charge on any atom is 0.268 e. The molecule has 0 atom stereocenters. The van der Waals surface area contributed by atoms with Gasteiger partial charge in [0.25, 0.3) is 6.33 Å². The van der Waals surface area contributed by atoms with E-state index in [0.29, 0.717) is 11.3 Å². The summed E-state index contributed by atoms with van der Waals surface area (Å²) in [6.45, 7) is 11.4. The summed E-state index contributed by atoms with van der Waals surface area (Å²) >= 11 is 0. The molecule has 460 valence electrons. The molecule has 3 heterocycles. The molecule has 0 spiro atoms. The van der Waals surface area contributed by atoms with E-state index in [9.17, 15) is 38.4 Å². The van der Waals surface area contributed by atoms with Crippen LogP contribution in [0.2, 0.25) is 0 Å². The zero-order valence-electron chi connectivity index (χ0n) is 84.9. The average Bonchev–Trinajstić information content (AvgIpc) is 0.763. The first-order valence-corrected chi connectivity index (χ1v) is 33.3. The van der Waals surface area contributed by atoms with Crippen LogP contribution < -0.4 is 50.8 Å². The van der Waals surface area contributed by atoms with Gasteiger partial charge in [-0.2, -0.15) is 18.2 Å². The molecule has 0 saturated heterocycles. The fourth-order valence-corrected chi connectivity index (χ4v) is 19.6. The molecule has 15 aromatic rings. The van der Waals surface area contributed by atoms with E-state index in [1.54, 1.807) is 51.2 Å². The summed E-state index contributed by atoms with van der Waals surface area (Å²) in [5, 5.41) is -5.70. The van der Waals surface area contributed by atoms with E-state index in [1.807, 2.05) is 47.0 Å². The van der Waals surface area contributed by atoms with Gasteiger partial charge in [-0.05, 0) is 110 Å². The molecule has 0 aliphatic rings. The molecule has 0 N–H and O–H groups in total. The van der Waals surface area contributed by atoms with Crippen LogP contribution in [0.4, 0.5) is 0 Å². The second-order valence-electron chi connectivity index (χ2n) is 23.8. The molecule has 0 unspecified atom stereocenters. The van der Waals surface area contributed by atoms with Gasteiger partial charge in [-0.1, -0.05) is 301 Å². The summed E-state index contributed by atoms with van der Waals surface area (Å²) in [6, 6.07) is -3.61. The van der Waals surface area contributed by atoms with E-state index >= 15 is 0 Å². The first-order valence-electron chi connectivity index (χ1n) is 46.3. The van der Waals surface area contributed by atoms with Gasteiger partial charge in [0.05, 0.1) is 63.3 Å². The fraction of sp³-hybridized carbons (Fsp3) is 0.0930. The van der Waals surface area contributed by atoms with E-state index in [1.165, 1.54) is 45.5 Å². The summed E-state index contributed by atoms with van der Waals surface area (Å²) in [6.07, 6.45) is 5.11. The summed E-state index contributed by atoms with van der Waals surface area (Å²) < 4.78 is 337. The Labute approximate surface area is 616 Å². The number of rotatable bonds is 14. The van der Waals surface area contributed by atoms with Crippen LogP contribution in [0, 0.1) is 18.5 Å². The zero-order chi connectivity index (χ0) is 92.9. The predicted octanol–water partition coefficient (Wildman–Crippen LogP) is 14.6. The van der Waals surface area contributed by atoms with Crippen LogP contribution in [-0.2, 0) is 31.9 Å². The molecule has 94 heavy (non-hydrogen) atoms. The number of imidazole rings is 1. The van der Waals surface area contributed by atoms with Crippen LogP contribution in [0.15, 0.2) is 315 Å². The van der Waals surface area contributed by atoms with Crippen molar-refractivity contribution < 1.29 is 77.0 Å². The van der Waals surface area contributed by atoms with Gasteiger partial charge in [-0.25, -0.2) is 4.98 Å². The molecule has 0 radical (unpaired) electrons. The Morgan fingerprint density at radius 3 is 1.57 bits per heavy atom. The number of hydrogen-bond donors (Lipinski definition) is 0. The molecule has 0 bridgehead atoms. The Kier molecular flexibility index (Phi) is 9.01. The van der Waals surface area contributed by atoms with Crippen molar-refractivity contribution in [2.45, 2.75) is 52.4 Å². The van der Waals surface area contributed by atoms with Gasteiger partial charge >= 0.3 is 0 Å². The first kappa shape index (κ1) is 33.7. The average molecular weight is 1460 g/mol. The van der Waals surface area contributed by atoms with E-state index in [2.05, 4.69) is 39.2 Å². The molecule has 0 aliphatic carbocycles. The topological polar surface area (TPSA) is 35.9 Å². The van der Waals surface area contributed by atoms with Crippen LogP contribution in [0.1, 0.15) is 99.3 Å².